The molecule has 0 radical (unpaired) electrons. The number of aryl methyl sites for hydroxylation is 1. The molecule has 0 aliphatic heterocycles. The van der Waals surface area contributed by atoms with Crippen molar-refractivity contribution in [1.29, 1.82) is 0 Å². The maximum Gasteiger partial charge on any atom is 0.395 e. The van der Waals surface area contributed by atoms with Gasteiger partial charge in [0.15, 0.2) is 0 Å². The number of nitrogens with one attached hydrogen (secondary N) is 1. The number of nitrogens with zero attached hydrogens (tertiary/aromatic N) is 1. The van der Waals surface area contributed by atoms with Crippen molar-refractivity contribution in [2.24, 2.45) is 0 Å². The largest absolute Gasteiger partial charge is 0.395 e. The molecule has 1 N–H and O–H groups in total. The predicted octanol–water partition coefficient (Wildman–Crippen LogP) is 4.31. The first-order valence-corrected chi connectivity index (χ1v) is 6.68. The summed E-state index contributed by atoms with van der Waals surface area (Å²) >= 11 is 0. The van der Waals surface area contributed by atoms with Crippen molar-refractivity contribution in [2.45, 2.75) is 25.9 Å². The van der Waals surface area contributed by atoms with Gasteiger partial charge in [-0.15, -0.1) is 0 Å². The molecule has 1 unspecified atom stereocenters. The number of halogens is 3. The zero-order chi connectivity index (χ0) is 16.3. The SMILES string of the molecule is Cc1ccc(NC(=O)c2ccc(C(C)C(F)(F)F)cc2)nc1. The van der Waals surface area contributed by atoms with E-state index in [-0.39, 0.29) is 11.1 Å². The van der Waals surface area contributed by atoms with Gasteiger partial charge in [-0.05, 0) is 43.2 Å². The fourth-order valence-corrected chi connectivity index (χ4v) is 1.84. The quantitative estimate of drug-likeness (QED) is 0.918. The second-order valence-corrected chi connectivity index (χ2v) is 5.06. The molecule has 0 aliphatic rings. The number of carbonyl (C=O) groups excluding carboxylic acids is 1. The fraction of sp³-hybridized carbons (Fsp3) is 0.250. The lowest BCUT2D eigenvalue weighted by atomic mass is 9.99. The molecule has 6 heteroatoms. The van der Waals surface area contributed by atoms with Gasteiger partial charge in [0.05, 0.1) is 5.92 Å². The van der Waals surface area contributed by atoms with Crippen molar-refractivity contribution in [1.82, 2.24) is 4.98 Å². The van der Waals surface area contributed by atoms with Gasteiger partial charge in [-0.1, -0.05) is 18.2 Å². The van der Waals surface area contributed by atoms with Gasteiger partial charge < -0.3 is 5.32 Å². The molecule has 1 atom stereocenters. The van der Waals surface area contributed by atoms with Gasteiger partial charge in [0.1, 0.15) is 5.82 Å². The highest BCUT2D eigenvalue weighted by Crippen LogP contribution is 2.34. The Morgan fingerprint density at radius 3 is 2.27 bits per heavy atom. The lowest BCUT2D eigenvalue weighted by molar-refractivity contribution is -0.146. The summed E-state index contributed by atoms with van der Waals surface area (Å²) in [6, 6.07) is 8.84. The third kappa shape index (κ3) is 3.84. The number of hydrogen-bond donors (Lipinski definition) is 1. The van der Waals surface area contributed by atoms with Crippen LogP contribution in [0.3, 0.4) is 0 Å². The molecule has 0 saturated carbocycles. The minimum absolute atomic E-state index is 0.123. The minimum Gasteiger partial charge on any atom is -0.307 e. The Kier molecular flexibility index (Phi) is 4.49. The minimum atomic E-state index is -4.30. The van der Waals surface area contributed by atoms with Crippen LogP contribution >= 0.6 is 0 Å². The van der Waals surface area contributed by atoms with E-state index >= 15 is 0 Å². The summed E-state index contributed by atoms with van der Waals surface area (Å²) in [4.78, 5) is 16.0. The molecular weight excluding hydrogens is 293 g/mol. The number of alkyl halides is 3. The molecule has 1 aromatic heterocycles. The molecule has 2 aromatic rings. The molecule has 2 rings (SSSR count). The highest BCUT2D eigenvalue weighted by Gasteiger charge is 2.36. The van der Waals surface area contributed by atoms with Gasteiger partial charge in [0.25, 0.3) is 5.91 Å². The van der Waals surface area contributed by atoms with Crippen LogP contribution in [0.2, 0.25) is 0 Å². The van der Waals surface area contributed by atoms with Gasteiger partial charge in [-0.2, -0.15) is 13.2 Å². The third-order valence-electron chi connectivity index (χ3n) is 3.32. The van der Waals surface area contributed by atoms with E-state index in [1.54, 1.807) is 18.3 Å². The summed E-state index contributed by atoms with van der Waals surface area (Å²) in [5.41, 5.74) is 1.36. The van der Waals surface area contributed by atoms with Crippen LogP contribution in [-0.4, -0.2) is 17.1 Å². The molecule has 3 nitrogen and oxygen atoms in total. The first kappa shape index (κ1) is 16.0. The molecular formula is C16H15F3N2O. The highest BCUT2D eigenvalue weighted by atomic mass is 19.4. The van der Waals surface area contributed by atoms with E-state index in [9.17, 15) is 18.0 Å². The summed E-state index contributed by atoms with van der Waals surface area (Å²) in [5, 5.41) is 2.59. The Morgan fingerprint density at radius 1 is 1.14 bits per heavy atom. The molecule has 116 valence electrons. The van der Waals surface area contributed by atoms with E-state index in [2.05, 4.69) is 10.3 Å². The number of pyridine rings is 1. The van der Waals surface area contributed by atoms with E-state index in [0.717, 1.165) is 12.5 Å². The van der Waals surface area contributed by atoms with Crippen LogP contribution in [0.25, 0.3) is 0 Å². The molecule has 1 amide bonds. The number of anilines is 1. The molecule has 0 bridgehead atoms. The second kappa shape index (κ2) is 6.17. The normalized spacial score (nSPS) is 12.8. The summed E-state index contributed by atoms with van der Waals surface area (Å²) in [6.07, 6.45) is -2.68. The lowest BCUT2D eigenvalue weighted by Crippen LogP contribution is -2.18. The first-order chi connectivity index (χ1) is 10.3. The van der Waals surface area contributed by atoms with Crippen molar-refractivity contribution in [3.63, 3.8) is 0 Å². The monoisotopic (exact) mass is 308 g/mol. The molecule has 1 heterocycles. The number of aromatic nitrogens is 1. The van der Waals surface area contributed by atoms with Crippen LogP contribution < -0.4 is 5.32 Å². The van der Waals surface area contributed by atoms with Gasteiger partial charge in [-0.3, -0.25) is 4.79 Å². The summed E-state index contributed by atoms with van der Waals surface area (Å²) < 4.78 is 37.9. The van der Waals surface area contributed by atoms with Crippen LogP contribution in [0, 0.1) is 6.92 Å². The molecule has 0 saturated heterocycles. The van der Waals surface area contributed by atoms with Crippen LogP contribution in [0.1, 0.15) is 34.3 Å². The number of hydrogen-bond acceptors (Lipinski definition) is 2. The standard InChI is InChI=1S/C16H15F3N2O/c1-10-3-8-14(20-9-10)21-15(22)13-6-4-12(5-7-13)11(2)16(17,18)19/h3-9,11H,1-2H3,(H,20,21,22). The fourth-order valence-electron chi connectivity index (χ4n) is 1.84. The third-order valence-corrected chi connectivity index (χ3v) is 3.32. The van der Waals surface area contributed by atoms with E-state index in [4.69, 9.17) is 0 Å². The molecule has 1 aromatic carbocycles. The second-order valence-electron chi connectivity index (χ2n) is 5.06. The zero-order valence-corrected chi connectivity index (χ0v) is 12.1. The smallest absolute Gasteiger partial charge is 0.307 e. The number of benzene rings is 1. The zero-order valence-electron chi connectivity index (χ0n) is 12.1. The predicted molar refractivity (Wildman–Crippen MR) is 77.8 cm³/mol. The Labute approximate surface area is 126 Å². The molecule has 22 heavy (non-hydrogen) atoms. The average Bonchev–Trinajstić information content (AvgIpc) is 2.48. The van der Waals surface area contributed by atoms with Crippen LogP contribution in [0.5, 0.6) is 0 Å². The van der Waals surface area contributed by atoms with Crippen molar-refractivity contribution < 1.29 is 18.0 Å². The van der Waals surface area contributed by atoms with E-state index in [0.29, 0.717) is 5.82 Å². The van der Waals surface area contributed by atoms with Gasteiger partial charge in [-0.25, -0.2) is 4.98 Å². The Morgan fingerprint density at radius 2 is 1.77 bits per heavy atom. The maximum absolute atomic E-state index is 12.6. The van der Waals surface area contributed by atoms with Crippen molar-refractivity contribution in [3.8, 4) is 0 Å². The van der Waals surface area contributed by atoms with Gasteiger partial charge in [0.2, 0.25) is 0 Å². The maximum atomic E-state index is 12.6. The Bertz CT molecular complexity index is 649. The average molecular weight is 308 g/mol. The van der Waals surface area contributed by atoms with Gasteiger partial charge in [0, 0.05) is 11.8 Å². The van der Waals surface area contributed by atoms with Crippen LogP contribution in [0.15, 0.2) is 42.6 Å². The van der Waals surface area contributed by atoms with Crippen molar-refractivity contribution in [2.75, 3.05) is 5.32 Å². The van der Waals surface area contributed by atoms with Crippen molar-refractivity contribution in [3.05, 3.63) is 59.3 Å². The van der Waals surface area contributed by atoms with Gasteiger partial charge >= 0.3 is 6.18 Å². The number of carbonyl (C=O) groups is 1. The van der Waals surface area contributed by atoms with E-state index in [1.165, 1.54) is 24.3 Å². The summed E-state index contributed by atoms with van der Waals surface area (Å²) in [6.45, 7) is 2.96. The Hall–Kier alpha value is -2.37. The van der Waals surface area contributed by atoms with E-state index < -0.39 is 18.0 Å². The molecule has 0 fully saturated rings. The van der Waals surface area contributed by atoms with Crippen molar-refractivity contribution >= 4 is 11.7 Å². The number of rotatable bonds is 3. The van der Waals surface area contributed by atoms with Crippen LogP contribution in [-0.2, 0) is 0 Å². The molecule has 0 aliphatic carbocycles. The van der Waals surface area contributed by atoms with Crippen LogP contribution in [0.4, 0.5) is 19.0 Å². The topological polar surface area (TPSA) is 42.0 Å². The first-order valence-electron chi connectivity index (χ1n) is 6.68. The lowest BCUT2D eigenvalue weighted by Gasteiger charge is -2.16. The summed E-state index contributed by atoms with van der Waals surface area (Å²) in [7, 11) is 0. The Balaban J connectivity index is 2.10. The number of amides is 1. The molecule has 0 spiro atoms. The highest BCUT2D eigenvalue weighted by molar-refractivity contribution is 6.03. The van der Waals surface area contributed by atoms with E-state index in [1.807, 2.05) is 6.92 Å². The summed E-state index contributed by atoms with van der Waals surface area (Å²) in [5.74, 6) is -1.59.